The summed E-state index contributed by atoms with van der Waals surface area (Å²) in [7, 11) is 0. The van der Waals surface area contributed by atoms with Crippen molar-refractivity contribution >= 4 is 23.2 Å². The fourth-order valence-corrected chi connectivity index (χ4v) is 3.11. The third-order valence-corrected chi connectivity index (χ3v) is 4.79. The average molecular weight is 354 g/mol. The van der Waals surface area contributed by atoms with Gasteiger partial charge in [-0.15, -0.1) is 11.6 Å². The molecule has 0 saturated heterocycles. The molecule has 0 aliphatic heterocycles. The lowest BCUT2D eigenvalue weighted by molar-refractivity contribution is 0.474. The number of aromatic nitrogens is 3. The van der Waals surface area contributed by atoms with Gasteiger partial charge in [0.1, 0.15) is 29.2 Å². The number of nitrogens with zero attached hydrogens (tertiary/aromatic N) is 3. The highest BCUT2D eigenvalue weighted by molar-refractivity contribution is 6.33. The summed E-state index contributed by atoms with van der Waals surface area (Å²) >= 11 is 13.3. The SMILES string of the molecule is Fc1ccc(C(Cl)(c2ccccc2F)C(Cl)n2cncn2)cc1. The van der Waals surface area contributed by atoms with Gasteiger partial charge in [0, 0.05) is 5.56 Å². The second kappa shape index (κ2) is 6.26. The molecular weight excluding hydrogens is 343 g/mol. The van der Waals surface area contributed by atoms with E-state index in [0.717, 1.165) is 0 Å². The van der Waals surface area contributed by atoms with Crippen LogP contribution in [0, 0.1) is 11.6 Å². The molecule has 0 N–H and O–H groups in total. The predicted molar refractivity (Wildman–Crippen MR) is 84.3 cm³/mol. The van der Waals surface area contributed by atoms with E-state index in [2.05, 4.69) is 10.1 Å². The third-order valence-electron chi connectivity index (χ3n) is 3.53. The topological polar surface area (TPSA) is 30.7 Å². The number of hydrogen-bond donors (Lipinski definition) is 0. The number of hydrogen-bond acceptors (Lipinski definition) is 2. The van der Waals surface area contributed by atoms with Gasteiger partial charge in [-0.2, -0.15) is 5.10 Å². The van der Waals surface area contributed by atoms with E-state index in [1.807, 2.05) is 0 Å². The van der Waals surface area contributed by atoms with Gasteiger partial charge in [-0.3, -0.25) is 0 Å². The molecule has 23 heavy (non-hydrogen) atoms. The maximum atomic E-state index is 14.4. The third kappa shape index (κ3) is 2.82. The Morgan fingerprint density at radius 2 is 1.74 bits per heavy atom. The van der Waals surface area contributed by atoms with Gasteiger partial charge in [0.25, 0.3) is 0 Å². The number of rotatable bonds is 4. The Hall–Kier alpha value is -1.98. The molecular formula is C16H11Cl2F2N3. The van der Waals surface area contributed by atoms with Gasteiger partial charge in [0.15, 0.2) is 5.50 Å². The lowest BCUT2D eigenvalue weighted by Crippen LogP contribution is -2.31. The van der Waals surface area contributed by atoms with Crippen LogP contribution in [0.1, 0.15) is 16.6 Å². The van der Waals surface area contributed by atoms with Crippen LogP contribution in [-0.4, -0.2) is 14.8 Å². The molecule has 3 nitrogen and oxygen atoms in total. The summed E-state index contributed by atoms with van der Waals surface area (Å²) in [4.78, 5) is 2.34. The summed E-state index contributed by atoms with van der Waals surface area (Å²) in [6.45, 7) is 0. The summed E-state index contributed by atoms with van der Waals surface area (Å²) in [6, 6.07) is 11.5. The van der Waals surface area contributed by atoms with Crippen LogP contribution in [0.5, 0.6) is 0 Å². The van der Waals surface area contributed by atoms with Gasteiger partial charge >= 0.3 is 0 Å². The Bertz CT molecular complexity index is 793. The molecule has 3 rings (SSSR count). The molecule has 0 aliphatic carbocycles. The smallest absolute Gasteiger partial charge is 0.154 e. The van der Waals surface area contributed by atoms with Crippen molar-refractivity contribution in [3.05, 3.63) is 83.9 Å². The lowest BCUT2D eigenvalue weighted by Gasteiger charge is -2.32. The standard InChI is InChI=1S/C16H11Cl2F2N3/c17-15(23-10-21-9-22-23)16(18,11-5-7-12(19)8-6-11)13-3-1-2-4-14(13)20/h1-10,15H. The molecule has 0 amide bonds. The summed E-state index contributed by atoms with van der Waals surface area (Å²) in [6.07, 6.45) is 2.69. The van der Waals surface area contributed by atoms with Crippen molar-refractivity contribution in [2.75, 3.05) is 0 Å². The van der Waals surface area contributed by atoms with Crippen molar-refractivity contribution < 1.29 is 8.78 Å². The van der Waals surface area contributed by atoms with Crippen LogP contribution in [-0.2, 0) is 4.87 Å². The number of halogens is 4. The van der Waals surface area contributed by atoms with E-state index in [1.54, 1.807) is 12.1 Å². The summed E-state index contributed by atoms with van der Waals surface area (Å²) in [5.74, 6) is -0.939. The summed E-state index contributed by atoms with van der Waals surface area (Å²) in [5.41, 5.74) is -0.362. The molecule has 7 heteroatoms. The number of benzene rings is 2. The molecule has 1 aromatic heterocycles. The van der Waals surface area contributed by atoms with E-state index in [9.17, 15) is 8.78 Å². The minimum absolute atomic E-state index is 0.170. The first-order chi connectivity index (χ1) is 11.0. The Morgan fingerprint density at radius 3 is 2.35 bits per heavy atom. The zero-order chi connectivity index (χ0) is 16.4. The van der Waals surface area contributed by atoms with E-state index in [-0.39, 0.29) is 5.56 Å². The molecule has 0 spiro atoms. The molecule has 1 heterocycles. The van der Waals surface area contributed by atoms with Gasteiger partial charge in [-0.1, -0.05) is 41.9 Å². The first-order valence-corrected chi connectivity index (χ1v) is 7.53. The first kappa shape index (κ1) is 15.9. The van der Waals surface area contributed by atoms with Gasteiger partial charge in [-0.25, -0.2) is 18.4 Å². The van der Waals surface area contributed by atoms with E-state index in [1.165, 1.54) is 53.7 Å². The maximum Gasteiger partial charge on any atom is 0.154 e. The number of alkyl halides is 2. The van der Waals surface area contributed by atoms with E-state index < -0.39 is 22.0 Å². The Balaban J connectivity index is 2.21. The molecule has 2 atom stereocenters. The molecule has 3 aromatic rings. The van der Waals surface area contributed by atoms with Crippen LogP contribution < -0.4 is 0 Å². The van der Waals surface area contributed by atoms with Crippen LogP contribution in [0.2, 0.25) is 0 Å². The quantitative estimate of drug-likeness (QED) is 0.647. The van der Waals surface area contributed by atoms with Crippen molar-refractivity contribution in [1.29, 1.82) is 0 Å². The molecule has 2 unspecified atom stereocenters. The van der Waals surface area contributed by atoms with Crippen LogP contribution >= 0.6 is 23.2 Å². The van der Waals surface area contributed by atoms with Crippen LogP contribution in [0.4, 0.5) is 8.78 Å². The second-order valence-electron chi connectivity index (χ2n) is 4.91. The molecule has 0 bridgehead atoms. The van der Waals surface area contributed by atoms with Gasteiger partial charge in [0.2, 0.25) is 0 Å². The first-order valence-electron chi connectivity index (χ1n) is 6.71. The highest BCUT2D eigenvalue weighted by Gasteiger charge is 2.43. The Kier molecular flexibility index (Phi) is 4.33. The molecule has 118 valence electrons. The van der Waals surface area contributed by atoms with Crippen LogP contribution in [0.15, 0.2) is 61.2 Å². The zero-order valence-corrected chi connectivity index (χ0v) is 13.2. The van der Waals surface area contributed by atoms with Gasteiger partial charge in [-0.05, 0) is 23.8 Å². The Morgan fingerprint density at radius 1 is 1.04 bits per heavy atom. The normalized spacial score (nSPS) is 15.1. The molecule has 0 saturated carbocycles. The fourth-order valence-electron chi connectivity index (χ4n) is 2.39. The molecule has 2 aromatic carbocycles. The van der Waals surface area contributed by atoms with E-state index in [0.29, 0.717) is 5.56 Å². The van der Waals surface area contributed by atoms with Crippen LogP contribution in [0.25, 0.3) is 0 Å². The van der Waals surface area contributed by atoms with Crippen molar-refractivity contribution in [3.63, 3.8) is 0 Å². The minimum Gasteiger partial charge on any atom is -0.232 e. The summed E-state index contributed by atoms with van der Waals surface area (Å²) < 4.78 is 29.0. The van der Waals surface area contributed by atoms with E-state index >= 15 is 0 Å². The van der Waals surface area contributed by atoms with Crippen molar-refractivity contribution in [3.8, 4) is 0 Å². The molecule has 0 fully saturated rings. The van der Waals surface area contributed by atoms with Gasteiger partial charge < -0.3 is 0 Å². The zero-order valence-electron chi connectivity index (χ0n) is 11.7. The highest BCUT2D eigenvalue weighted by atomic mass is 35.5. The highest BCUT2D eigenvalue weighted by Crippen LogP contribution is 2.48. The van der Waals surface area contributed by atoms with Crippen molar-refractivity contribution in [1.82, 2.24) is 14.8 Å². The second-order valence-corrected chi connectivity index (χ2v) is 5.92. The van der Waals surface area contributed by atoms with Crippen LogP contribution in [0.3, 0.4) is 0 Å². The molecule has 0 radical (unpaired) electrons. The van der Waals surface area contributed by atoms with Gasteiger partial charge in [0.05, 0.1) is 0 Å². The molecule has 0 aliphatic rings. The maximum absolute atomic E-state index is 14.4. The largest absolute Gasteiger partial charge is 0.232 e. The monoisotopic (exact) mass is 353 g/mol. The van der Waals surface area contributed by atoms with Crippen molar-refractivity contribution in [2.24, 2.45) is 0 Å². The van der Waals surface area contributed by atoms with E-state index in [4.69, 9.17) is 23.2 Å². The Labute approximate surface area is 141 Å². The lowest BCUT2D eigenvalue weighted by atomic mass is 9.89. The predicted octanol–water partition coefficient (Wildman–Crippen LogP) is 4.48. The summed E-state index contributed by atoms with van der Waals surface area (Å²) in [5, 5.41) is 3.97. The fraction of sp³-hybridized carbons (Fsp3) is 0.125. The minimum atomic E-state index is -1.49. The van der Waals surface area contributed by atoms with Crippen molar-refractivity contribution in [2.45, 2.75) is 10.4 Å². The average Bonchev–Trinajstić information content (AvgIpc) is 3.09.